The van der Waals surface area contributed by atoms with Crippen LogP contribution in [0.3, 0.4) is 0 Å². The molecule has 1 atom stereocenters. The van der Waals surface area contributed by atoms with Crippen LogP contribution in [0.25, 0.3) is 0 Å². The van der Waals surface area contributed by atoms with Crippen LogP contribution in [-0.2, 0) is 9.53 Å². The Balaban J connectivity index is 2.22. The Labute approximate surface area is 104 Å². The van der Waals surface area contributed by atoms with E-state index in [1.54, 1.807) is 4.90 Å². The molecule has 1 aliphatic heterocycles. The van der Waals surface area contributed by atoms with Gasteiger partial charge in [-0.3, -0.25) is 9.69 Å². The average Bonchev–Trinajstić information content (AvgIpc) is 2.34. The molecule has 1 fully saturated rings. The highest BCUT2D eigenvalue weighted by Gasteiger charge is 2.19. The maximum Gasteiger partial charge on any atom is 0.223 e. The van der Waals surface area contributed by atoms with Crippen molar-refractivity contribution in [2.24, 2.45) is 5.73 Å². The number of hydrogen-bond acceptors (Lipinski definition) is 4. The standard InChI is InChI=1S/C12H25N3O2/c1-11-10-17-9-8-15(11)7-4-12(16)14(2)6-3-5-13/h11H,3-10,13H2,1-2H3. The molecule has 0 bridgehead atoms. The summed E-state index contributed by atoms with van der Waals surface area (Å²) < 4.78 is 5.37. The third-order valence-electron chi connectivity index (χ3n) is 3.24. The summed E-state index contributed by atoms with van der Waals surface area (Å²) in [6.45, 7) is 6.85. The zero-order chi connectivity index (χ0) is 12.7. The number of nitrogens with two attached hydrogens (primary N) is 1. The molecule has 5 nitrogen and oxygen atoms in total. The number of hydrogen-bond donors (Lipinski definition) is 1. The topological polar surface area (TPSA) is 58.8 Å². The van der Waals surface area contributed by atoms with Crippen LogP contribution in [0.1, 0.15) is 19.8 Å². The molecule has 0 aromatic carbocycles. The number of nitrogens with zero attached hydrogens (tertiary/aromatic N) is 2. The number of carbonyl (C=O) groups excluding carboxylic acids is 1. The van der Waals surface area contributed by atoms with Crippen molar-refractivity contribution in [1.29, 1.82) is 0 Å². The van der Waals surface area contributed by atoms with E-state index in [1.807, 2.05) is 7.05 Å². The van der Waals surface area contributed by atoms with Crippen molar-refractivity contribution in [3.05, 3.63) is 0 Å². The second kappa shape index (κ2) is 7.63. The molecule has 1 rings (SSSR count). The van der Waals surface area contributed by atoms with Crippen molar-refractivity contribution >= 4 is 5.91 Å². The predicted molar refractivity (Wildman–Crippen MR) is 67.8 cm³/mol. The molecule has 2 N–H and O–H groups in total. The smallest absolute Gasteiger partial charge is 0.223 e. The molecule has 0 spiro atoms. The minimum atomic E-state index is 0.206. The van der Waals surface area contributed by atoms with Gasteiger partial charge >= 0.3 is 0 Å². The summed E-state index contributed by atoms with van der Waals surface area (Å²) >= 11 is 0. The molecule has 1 amide bonds. The molecule has 1 unspecified atom stereocenters. The van der Waals surface area contributed by atoms with E-state index in [2.05, 4.69) is 11.8 Å². The third kappa shape index (κ3) is 5.02. The Morgan fingerprint density at radius 2 is 2.35 bits per heavy atom. The largest absolute Gasteiger partial charge is 0.379 e. The Bertz CT molecular complexity index is 236. The quantitative estimate of drug-likeness (QED) is 0.708. The molecule has 1 heterocycles. The second-order valence-electron chi connectivity index (χ2n) is 4.67. The van der Waals surface area contributed by atoms with Crippen molar-refractivity contribution in [2.75, 3.05) is 46.4 Å². The summed E-state index contributed by atoms with van der Waals surface area (Å²) in [5.41, 5.74) is 5.43. The van der Waals surface area contributed by atoms with Crippen molar-refractivity contribution in [3.63, 3.8) is 0 Å². The van der Waals surface area contributed by atoms with Gasteiger partial charge in [-0.05, 0) is 19.9 Å². The van der Waals surface area contributed by atoms with Crippen LogP contribution in [0, 0.1) is 0 Å². The molecule has 17 heavy (non-hydrogen) atoms. The first-order valence-electron chi connectivity index (χ1n) is 6.41. The maximum absolute atomic E-state index is 11.8. The van der Waals surface area contributed by atoms with Gasteiger partial charge in [0, 0.05) is 39.1 Å². The molecular formula is C12H25N3O2. The average molecular weight is 243 g/mol. The number of morpholine rings is 1. The van der Waals surface area contributed by atoms with Gasteiger partial charge in [0.1, 0.15) is 0 Å². The van der Waals surface area contributed by atoms with Crippen LogP contribution in [0.4, 0.5) is 0 Å². The minimum absolute atomic E-state index is 0.206. The van der Waals surface area contributed by atoms with Gasteiger partial charge in [0.15, 0.2) is 0 Å². The highest BCUT2D eigenvalue weighted by Crippen LogP contribution is 2.07. The lowest BCUT2D eigenvalue weighted by Crippen LogP contribution is -2.45. The Morgan fingerprint density at radius 3 is 3.00 bits per heavy atom. The number of rotatable bonds is 6. The van der Waals surface area contributed by atoms with Crippen molar-refractivity contribution in [1.82, 2.24) is 9.80 Å². The fourth-order valence-corrected chi connectivity index (χ4v) is 1.98. The van der Waals surface area contributed by atoms with E-state index >= 15 is 0 Å². The van der Waals surface area contributed by atoms with E-state index in [0.29, 0.717) is 19.0 Å². The predicted octanol–water partition coefficient (Wildman–Crippen LogP) is -0.0956. The fraction of sp³-hybridized carbons (Fsp3) is 0.917. The molecule has 100 valence electrons. The van der Waals surface area contributed by atoms with Gasteiger partial charge in [0.2, 0.25) is 5.91 Å². The molecule has 1 saturated heterocycles. The molecule has 5 heteroatoms. The SMILES string of the molecule is CC1COCCN1CCC(=O)N(C)CCCN. The molecule has 0 aromatic rings. The normalized spacial score (nSPS) is 21.5. The van der Waals surface area contributed by atoms with Crippen LogP contribution in [0.15, 0.2) is 0 Å². The summed E-state index contributed by atoms with van der Waals surface area (Å²) in [6, 6.07) is 0.422. The summed E-state index contributed by atoms with van der Waals surface area (Å²) in [5, 5.41) is 0. The zero-order valence-electron chi connectivity index (χ0n) is 11.0. The fourth-order valence-electron chi connectivity index (χ4n) is 1.98. The van der Waals surface area contributed by atoms with Gasteiger partial charge in [0.05, 0.1) is 13.2 Å². The van der Waals surface area contributed by atoms with Gasteiger partial charge in [0.25, 0.3) is 0 Å². The first-order valence-corrected chi connectivity index (χ1v) is 6.41. The van der Waals surface area contributed by atoms with Crippen LogP contribution in [0.2, 0.25) is 0 Å². The molecule has 0 aromatic heterocycles. The summed E-state index contributed by atoms with van der Waals surface area (Å²) in [6.07, 6.45) is 1.46. The summed E-state index contributed by atoms with van der Waals surface area (Å²) in [5.74, 6) is 0.206. The Kier molecular flexibility index (Phi) is 6.47. The highest BCUT2D eigenvalue weighted by molar-refractivity contribution is 5.76. The molecule has 0 radical (unpaired) electrons. The van der Waals surface area contributed by atoms with Crippen molar-refractivity contribution < 1.29 is 9.53 Å². The molecule has 0 aliphatic carbocycles. The lowest BCUT2D eigenvalue weighted by molar-refractivity contribution is -0.130. The van der Waals surface area contributed by atoms with Gasteiger partial charge in [-0.1, -0.05) is 0 Å². The lowest BCUT2D eigenvalue weighted by atomic mass is 10.2. The Hall–Kier alpha value is -0.650. The van der Waals surface area contributed by atoms with E-state index in [4.69, 9.17) is 10.5 Å². The van der Waals surface area contributed by atoms with Gasteiger partial charge in [-0.15, -0.1) is 0 Å². The summed E-state index contributed by atoms with van der Waals surface area (Å²) in [4.78, 5) is 15.9. The van der Waals surface area contributed by atoms with E-state index in [0.717, 1.165) is 39.3 Å². The zero-order valence-corrected chi connectivity index (χ0v) is 11.0. The lowest BCUT2D eigenvalue weighted by Gasteiger charge is -2.33. The minimum Gasteiger partial charge on any atom is -0.379 e. The summed E-state index contributed by atoms with van der Waals surface area (Å²) in [7, 11) is 1.85. The first-order chi connectivity index (χ1) is 8.15. The maximum atomic E-state index is 11.8. The van der Waals surface area contributed by atoms with E-state index < -0.39 is 0 Å². The van der Waals surface area contributed by atoms with Crippen molar-refractivity contribution in [2.45, 2.75) is 25.8 Å². The van der Waals surface area contributed by atoms with Gasteiger partial charge in [-0.2, -0.15) is 0 Å². The molecular weight excluding hydrogens is 218 g/mol. The van der Waals surface area contributed by atoms with Crippen molar-refractivity contribution in [3.8, 4) is 0 Å². The molecule has 0 saturated carbocycles. The van der Waals surface area contributed by atoms with Crippen LogP contribution in [0.5, 0.6) is 0 Å². The highest BCUT2D eigenvalue weighted by atomic mass is 16.5. The van der Waals surface area contributed by atoms with Gasteiger partial charge < -0.3 is 15.4 Å². The molecule has 1 aliphatic rings. The number of amides is 1. The van der Waals surface area contributed by atoms with E-state index in [9.17, 15) is 4.79 Å². The van der Waals surface area contributed by atoms with Crippen LogP contribution < -0.4 is 5.73 Å². The van der Waals surface area contributed by atoms with Gasteiger partial charge in [-0.25, -0.2) is 0 Å². The second-order valence-corrected chi connectivity index (χ2v) is 4.67. The van der Waals surface area contributed by atoms with E-state index in [-0.39, 0.29) is 5.91 Å². The Morgan fingerprint density at radius 1 is 1.59 bits per heavy atom. The van der Waals surface area contributed by atoms with Crippen LogP contribution in [-0.4, -0.2) is 68.2 Å². The monoisotopic (exact) mass is 243 g/mol. The third-order valence-corrected chi connectivity index (χ3v) is 3.24. The first kappa shape index (κ1) is 14.4. The number of carbonyl (C=O) groups is 1. The van der Waals surface area contributed by atoms with Crippen LogP contribution >= 0.6 is 0 Å². The number of ether oxygens (including phenoxy) is 1. The van der Waals surface area contributed by atoms with E-state index in [1.165, 1.54) is 0 Å².